The second-order valence-corrected chi connectivity index (χ2v) is 5.65. The monoisotopic (exact) mass is 394 g/mol. The van der Waals surface area contributed by atoms with Crippen molar-refractivity contribution in [1.29, 1.82) is 0 Å². The van der Waals surface area contributed by atoms with E-state index >= 15 is 0 Å². The molecule has 0 amide bonds. The van der Waals surface area contributed by atoms with E-state index in [1.54, 1.807) is 12.1 Å². The third-order valence-electron chi connectivity index (χ3n) is 3.63. The molecular weight excluding hydrogens is 378 g/mol. The molecule has 0 aliphatic rings. The molecule has 0 saturated carbocycles. The molecule has 28 heavy (non-hydrogen) atoms. The second-order valence-electron chi connectivity index (χ2n) is 5.65. The number of hydrogen-bond acceptors (Lipinski definition) is 6. The summed E-state index contributed by atoms with van der Waals surface area (Å²) in [6.07, 6.45) is -5.06. The number of aliphatic hydroxyl groups excluding tert-OH is 1. The van der Waals surface area contributed by atoms with Gasteiger partial charge in [-0.05, 0) is 24.3 Å². The molecule has 0 bridgehead atoms. The van der Waals surface area contributed by atoms with Crippen LogP contribution in [0.25, 0.3) is 0 Å². The number of hydrogen-bond donors (Lipinski definition) is 2. The van der Waals surface area contributed by atoms with Crippen LogP contribution < -0.4 is 0 Å². The number of carboxylic acids is 1. The van der Waals surface area contributed by atoms with Crippen LogP contribution >= 0.6 is 0 Å². The van der Waals surface area contributed by atoms with Gasteiger partial charge in [0.05, 0.1) is 11.1 Å². The molecule has 2 N–H and O–H groups in total. The fourth-order valence-corrected chi connectivity index (χ4v) is 2.18. The first-order valence-electron chi connectivity index (χ1n) is 8.01. The van der Waals surface area contributed by atoms with E-state index < -0.39 is 42.6 Å². The summed E-state index contributed by atoms with van der Waals surface area (Å²) in [5, 5.41) is 18.7. The number of aliphatic hydroxyl groups is 1. The zero-order valence-electron chi connectivity index (χ0n) is 14.3. The summed E-state index contributed by atoms with van der Waals surface area (Å²) < 4.78 is 37.3. The molecule has 0 heterocycles. The molecule has 2 unspecified atom stereocenters. The lowest BCUT2D eigenvalue weighted by Gasteiger charge is -2.27. The van der Waals surface area contributed by atoms with Gasteiger partial charge in [0, 0.05) is 0 Å². The zero-order valence-corrected chi connectivity index (χ0v) is 14.3. The topological polar surface area (TPSA) is 110 Å². The highest BCUT2D eigenvalue weighted by molar-refractivity contribution is 5.90. The van der Waals surface area contributed by atoms with Crippen LogP contribution in [0.2, 0.25) is 0 Å². The van der Waals surface area contributed by atoms with Crippen LogP contribution in [-0.2, 0) is 14.3 Å². The van der Waals surface area contributed by atoms with Gasteiger partial charge >= 0.3 is 23.8 Å². The Labute approximate surface area is 158 Å². The number of esters is 2. The van der Waals surface area contributed by atoms with Crippen molar-refractivity contribution in [2.45, 2.75) is 18.1 Å². The Hall–Kier alpha value is -3.33. The predicted octanol–water partition coefficient (Wildman–Crippen LogP) is 2.15. The number of halogens is 2. The summed E-state index contributed by atoms with van der Waals surface area (Å²) in [6.45, 7) is -1.01. The van der Waals surface area contributed by atoms with Crippen molar-refractivity contribution in [3.8, 4) is 0 Å². The van der Waals surface area contributed by atoms with Crippen LogP contribution in [0.3, 0.4) is 0 Å². The summed E-state index contributed by atoms with van der Waals surface area (Å²) in [5.41, 5.74) is -0.0281. The van der Waals surface area contributed by atoms with Gasteiger partial charge in [0.2, 0.25) is 6.10 Å². The van der Waals surface area contributed by atoms with Gasteiger partial charge in [-0.2, -0.15) is 8.78 Å². The molecule has 2 aromatic carbocycles. The van der Waals surface area contributed by atoms with E-state index in [1.807, 2.05) is 0 Å². The first-order valence-corrected chi connectivity index (χ1v) is 8.01. The summed E-state index contributed by atoms with van der Waals surface area (Å²) >= 11 is 0. The second kappa shape index (κ2) is 9.05. The minimum atomic E-state index is -4.62. The van der Waals surface area contributed by atoms with Gasteiger partial charge in [0.15, 0.2) is 0 Å². The molecule has 2 aromatic rings. The maximum absolute atomic E-state index is 14.0. The normalized spacial score (nSPS) is 13.2. The van der Waals surface area contributed by atoms with Gasteiger partial charge in [-0.1, -0.05) is 36.4 Å². The zero-order chi connectivity index (χ0) is 20.7. The molecule has 0 aliphatic heterocycles. The van der Waals surface area contributed by atoms with Crippen molar-refractivity contribution in [2.75, 3.05) is 6.61 Å². The van der Waals surface area contributed by atoms with E-state index in [0.717, 1.165) is 0 Å². The molecule has 2 atom stereocenters. The predicted molar refractivity (Wildman–Crippen MR) is 91.0 cm³/mol. The molecule has 2 rings (SSSR count). The van der Waals surface area contributed by atoms with Crippen LogP contribution in [0, 0.1) is 0 Å². The summed E-state index contributed by atoms with van der Waals surface area (Å²) in [5.74, 6) is -9.42. The number of carbonyl (C=O) groups excluding carboxylic acids is 2. The van der Waals surface area contributed by atoms with Gasteiger partial charge < -0.3 is 19.7 Å². The summed E-state index contributed by atoms with van der Waals surface area (Å²) in [4.78, 5) is 34.8. The number of aliphatic carboxylic acids is 1. The van der Waals surface area contributed by atoms with Crippen molar-refractivity contribution < 1.29 is 42.9 Å². The largest absolute Gasteiger partial charge is 0.477 e. The average molecular weight is 394 g/mol. The van der Waals surface area contributed by atoms with Crippen LogP contribution in [-0.4, -0.2) is 52.9 Å². The Morgan fingerprint density at radius 1 is 0.893 bits per heavy atom. The van der Waals surface area contributed by atoms with E-state index in [-0.39, 0.29) is 11.1 Å². The molecule has 0 fully saturated rings. The van der Waals surface area contributed by atoms with Gasteiger partial charge in [-0.3, -0.25) is 0 Å². The van der Waals surface area contributed by atoms with Gasteiger partial charge in [-0.25, -0.2) is 14.4 Å². The fourth-order valence-electron chi connectivity index (χ4n) is 2.18. The lowest BCUT2D eigenvalue weighted by Crippen LogP contribution is -2.52. The molecule has 148 valence electrons. The third kappa shape index (κ3) is 5.10. The molecule has 0 aromatic heterocycles. The van der Waals surface area contributed by atoms with Crippen molar-refractivity contribution in [2.24, 2.45) is 0 Å². The SMILES string of the molecule is O=C(OCC(O)C(OC(=O)c1ccccc1)C(F)(F)C(=O)O)c1ccccc1. The van der Waals surface area contributed by atoms with Crippen molar-refractivity contribution in [1.82, 2.24) is 0 Å². The molecule has 0 aliphatic carbocycles. The Morgan fingerprint density at radius 2 is 1.36 bits per heavy atom. The van der Waals surface area contributed by atoms with E-state index in [0.29, 0.717) is 0 Å². The molecule has 9 heteroatoms. The Bertz CT molecular complexity index is 825. The number of rotatable bonds is 8. The Kier molecular flexibility index (Phi) is 6.78. The molecule has 0 saturated heterocycles. The van der Waals surface area contributed by atoms with E-state index in [9.17, 15) is 28.3 Å². The van der Waals surface area contributed by atoms with Crippen LogP contribution in [0.5, 0.6) is 0 Å². The Balaban J connectivity index is 2.13. The van der Waals surface area contributed by atoms with Crippen molar-refractivity contribution in [3.05, 3.63) is 71.8 Å². The summed E-state index contributed by atoms with van der Waals surface area (Å²) in [6, 6.07) is 14.5. The highest BCUT2D eigenvalue weighted by Crippen LogP contribution is 2.26. The minimum Gasteiger partial charge on any atom is -0.477 e. The standard InChI is InChI=1S/C19H16F2O7/c20-19(21,18(25)26)15(28-17(24)13-9-5-2-6-10-13)14(22)11-27-16(23)12-7-3-1-4-8-12/h1-10,14-15,22H,11H2,(H,25,26). The molecule has 7 nitrogen and oxygen atoms in total. The highest BCUT2D eigenvalue weighted by Gasteiger charge is 2.54. The Morgan fingerprint density at radius 3 is 1.82 bits per heavy atom. The highest BCUT2D eigenvalue weighted by atomic mass is 19.3. The van der Waals surface area contributed by atoms with Crippen LogP contribution in [0.1, 0.15) is 20.7 Å². The lowest BCUT2D eigenvalue weighted by molar-refractivity contribution is -0.196. The van der Waals surface area contributed by atoms with Gasteiger partial charge in [0.1, 0.15) is 12.7 Å². The minimum absolute atomic E-state index is 0.0949. The molecule has 0 spiro atoms. The number of carbonyl (C=O) groups is 3. The average Bonchev–Trinajstić information content (AvgIpc) is 2.70. The lowest BCUT2D eigenvalue weighted by atomic mass is 10.1. The maximum Gasteiger partial charge on any atom is 0.381 e. The smallest absolute Gasteiger partial charge is 0.381 e. The number of alkyl halides is 2. The number of benzene rings is 2. The van der Waals surface area contributed by atoms with Crippen molar-refractivity contribution >= 4 is 17.9 Å². The van der Waals surface area contributed by atoms with Crippen molar-refractivity contribution in [3.63, 3.8) is 0 Å². The number of carboxylic acid groups (broad SMARTS) is 1. The van der Waals surface area contributed by atoms with Gasteiger partial charge in [-0.15, -0.1) is 0 Å². The van der Waals surface area contributed by atoms with Crippen LogP contribution in [0.4, 0.5) is 8.78 Å². The van der Waals surface area contributed by atoms with E-state index in [4.69, 9.17) is 9.84 Å². The van der Waals surface area contributed by atoms with E-state index in [1.165, 1.54) is 48.5 Å². The fraction of sp³-hybridized carbons (Fsp3) is 0.211. The first-order chi connectivity index (χ1) is 13.2. The first kappa shape index (κ1) is 21.0. The maximum atomic E-state index is 14.0. The van der Waals surface area contributed by atoms with Crippen LogP contribution in [0.15, 0.2) is 60.7 Å². The summed E-state index contributed by atoms with van der Waals surface area (Å²) in [7, 11) is 0. The van der Waals surface area contributed by atoms with Gasteiger partial charge in [0.25, 0.3) is 0 Å². The van der Waals surface area contributed by atoms with E-state index in [2.05, 4.69) is 4.74 Å². The number of ether oxygens (including phenoxy) is 2. The quantitative estimate of drug-likeness (QED) is 0.660. The molecular formula is C19H16F2O7. The molecule has 0 radical (unpaired) electrons. The third-order valence-corrected chi connectivity index (χ3v) is 3.63.